The zero-order chi connectivity index (χ0) is 40.2. The van der Waals surface area contributed by atoms with E-state index in [1.165, 1.54) is 103 Å². The molecule has 0 heteroatoms. The van der Waals surface area contributed by atoms with Crippen LogP contribution in [0.1, 0.15) is 191 Å². The van der Waals surface area contributed by atoms with Crippen LogP contribution in [-0.4, -0.2) is 0 Å². The lowest BCUT2D eigenvalue weighted by molar-refractivity contribution is -0.659. The van der Waals surface area contributed by atoms with Gasteiger partial charge in [-0.2, -0.15) is 0 Å². The van der Waals surface area contributed by atoms with Gasteiger partial charge in [-0.1, -0.05) is 172 Å². The summed E-state index contributed by atoms with van der Waals surface area (Å²) in [4.78, 5) is 0. The number of hydrogen-bond acceptors (Lipinski definition) is 0. The highest BCUT2D eigenvalue weighted by Gasteiger charge is 3.08. The molecule has 0 spiro atoms. The molecule has 0 bridgehead atoms. The van der Waals surface area contributed by atoms with Gasteiger partial charge in [-0.15, -0.1) is 0 Å². The number of rotatable bonds is 12. The Morgan fingerprint density at radius 3 is 1.09 bits per heavy atom. The van der Waals surface area contributed by atoms with E-state index in [0.29, 0.717) is 43.3 Å². The van der Waals surface area contributed by atoms with Crippen molar-refractivity contribution in [2.45, 2.75) is 191 Å². The third-order valence-corrected chi connectivity index (χ3v) is 25.0. The minimum atomic E-state index is 0.309. The van der Waals surface area contributed by atoms with Crippen molar-refractivity contribution in [2.75, 3.05) is 0 Å². The minimum absolute atomic E-state index is 0.309. The summed E-state index contributed by atoms with van der Waals surface area (Å²) in [6.45, 7) is 56.4. The summed E-state index contributed by atoms with van der Waals surface area (Å²) in [7, 11) is 0. The van der Waals surface area contributed by atoms with Crippen molar-refractivity contribution in [1.82, 2.24) is 0 Å². The first-order valence-electron chi connectivity index (χ1n) is 24.0. The van der Waals surface area contributed by atoms with Crippen LogP contribution in [0.5, 0.6) is 0 Å². The molecular weight excluding hydrogens is 637 g/mol. The molecule has 12 rings (SSSR count). The average Bonchev–Trinajstić information content (AvgIpc) is 3.08. The molecule has 0 aromatic carbocycles. The van der Waals surface area contributed by atoms with E-state index in [-0.39, 0.29) is 0 Å². The Bertz CT molecular complexity index is 1330. The van der Waals surface area contributed by atoms with E-state index in [1.54, 1.807) is 0 Å². The van der Waals surface area contributed by atoms with Crippen LogP contribution in [-0.2, 0) is 0 Å². The normalized spacial score (nSPS) is 47.8. The third-order valence-electron chi connectivity index (χ3n) is 25.0. The standard InChI is InChI=1S/C25H42.C18H38.C8H8.C2H6/c1-11-20(3,4)23(9,12-2)22(7,8)21(5,6)13-25-17-14-16-15(17)19(25)24(16,10)18(14)25;1-12-16(7,8)18(11,13-14(2)3)17(9,10)15(4,5)6;1-2-5-3(1)7-4(1)6(2)8(5)7;1-2/h14-19H,11-13H2,1-10H3;14H,12-13H2,1-11H3;1-8H;1-2H3. The summed E-state index contributed by atoms with van der Waals surface area (Å²) >= 11 is 0. The summed E-state index contributed by atoms with van der Waals surface area (Å²) in [6, 6.07) is 0. The average molecular weight is 731 g/mol. The van der Waals surface area contributed by atoms with Crippen molar-refractivity contribution in [3.05, 3.63) is 0 Å². The molecule has 53 heavy (non-hydrogen) atoms. The van der Waals surface area contributed by atoms with Crippen LogP contribution in [0.4, 0.5) is 0 Å². The molecule has 0 aliphatic heterocycles. The summed E-state index contributed by atoms with van der Waals surface area (Å²) < 4.78 is 0. The van der Waals surface area contributed by atoms with Gasteiger partial charge < -0.3 is 0 Å². The minimum Gasteiger partial charge on any atom is -0.0683 e. The van der Waals surface area contributed by atoms with Crippen LogP contribution in [0.2, 0.25) is 0 Å². The molecule has 12 aliphatic rings. The molecular formula is C53H94. The molecule has 0 saturated heterocycles. The van der Waals surface area contributed by atoms with Crippen molar-refractivity contribution in [3.63, 3.8) is 0 Å². The highest BCUT2D eigenvalue weighted by atomic mass is 15.1. The van der Waals surface area contributed by atoms with E-state index in [9.17, 15) is 0 Å². The van der Waals surface area contributed by atoms with Crippen molar-refractivity contribution in [1.29, 1.82) is 0 Å². The van der Waals surface area contributed by atoms with Crippen LogP contribution in [0.25, 0.3) is 0 Å². The molecule has 6 unspecified atom stereocenters. The van der Waals surface area contributed by atoms with Crippen molar-refractivity contribution >= 4 is 0 Å². The predicted octanol–water partition coefficient (Wildman–Crippen LogP) is 15.6. The van der Waals surface area contributed by atoms with Gasteiger partial charge >= 0.3 is 0 Å². The second-order valence-corrected chi connectivity index (χ2v) is 26.9. The van der Waals surface area contributed by atoms with E-state index < -0.39 is 0 Å². The molecule has 6 atom stereocenters. The first-order chi connectivity index (χ1) is 24.0. The highest BCUT2D eigenvalue weighted by molar-refractivity contribution is 5.54. The smallest absolute Gasteiger partial charge is 0.0185 e. The van der Waals surface area contributed by atoms with Crippen molar-refractivity contribution in [2.24, 2.45) is 143 Å². The third kappa shape index (κ3) is 3.92. The molecule has 0 N–H and O–H groups in total. The van der Waals surface area contributed by atoms with E-state index in [2.05, 4.69) is 145 Å². The fourth-order valence-corrected chi connectivity index (χ4v) is 19.5. The molecule has 0 amide bonds. The Morgan fingerprint density at radius 1 is 0.453 bits per heavy atom. The molecule has 0 aromatic heterocycles. The van der Waals surface area contributed by atoms with Crippen LogP contribution >= 0.6 is 0 Å². The lowest BCUT2D eigenvalue weighted by Gasteiger charge is -3.12. The first kappa shape index (κ1) is 41.2. The largest absolute Gasteiger partial charge is 0.0683 e. The summed E-state index contributed by atoms with van der Waals surface area (Å²) in [5, 5.41) is 0. The summed E-state index contributed by atoms with van der Waals surface area (Å²) in [5.74, 6) is 18.5. The lowest BCUT2D eigenvalue weighted by Crippen LogP contribution is -3.09. The molecule has 12 fully saturated rings. The second-order valence-electron chi connectivity index (χ2n) is 26.9. The molecule has 0 heterocycles. The fraction of sp³-hybridized carbons (Fsp3) is 1.00. The Kier molecular flexibility index (Phi) is 8.68. The van der Waals surface area contributed by atoms with Crippen molar-refractivity contribution in [3.8, 4) is 0 Å². The fourth-order valence-electron chi connectivity index (χ4n) is 19.5. The monoisotopic (exact) mass is 731 g/mol. The maximum Gasteiger partial charge on any atom is -0.0185 e. The Balaban J connectivity index is 0.000000133. The molecule has 0 aromatic rings. The molecule has 306 valence electrons. The molecule has 12 aliphatic carbocycles. The van der Waals surface area contributed by atoms with E-state index in [1.807, 2.05) is 13.8 Å². The van der Waals surface area contributed by atoms with Gasteiger partial charge in [0.2, 0.25) is 0 Å². The van der Waals surface area contributed by atoms with Crippen LogP contribution in [0.3, 0.4) is 0 Å². The molecule has 0 nitrogen and oxygen atoms in total. The first-order valence-corrected chi connectivity index (χ1v) is 24.0. The van der Waals surface area contributed by atoms with Crippen LogP contribution in [0, 0.1) is 143 Å². The van der Waals surface area contributed by atoms with E-state index in [0.717, 1.165) is 28.6 Å². The van der Waals surface area contributed by atoms with Gasteiger partial charge in [0, 0.05) is 0 Å². The molecule has 12 saturated carbocycles. The van der Waals surface area contributed by atoms with Crippen LogP contribution < -0.4 is 0 Å². The van der Waals surface area contributed by atoms with Gasteiger partial charge in [0.15, 0.2) is 0 Å². The van der Waals surface area contributed by atoms with Crippen molar-refractivity contribution < 1.29 is 0 Å². The summed E-state index contributed by atoms with van der Waals surface area (Å²) in [5.41, 5.74) is 4.53. The van der Waals surface area contributed by atoms with Crippen LogP contribution in [0.15, 0.2) is 0 Å². The maximum atomic E-state index is 2.65. The Hall–Kier alpha value is 0. The quantitative estimate of drug-likeness (QED) is 0.188. The van der Waals surface area contributed by atoms with Gasteiger partial charge in [-0.25, -0.2) is 0 Å². The van der Waals surface area contributed by atoms with E-state index in [4.69, 9.17) is 0 Å². The van der Waals surface area contributed by atoms with Gasteiger partial charge in [0.05, 0.1) is 0 Å². The lowest BCUT2D eigenvalue weighted by atomic mass is 8.92. The topological polar surface area (TPSA) is 0 Å². The maximum absolute atomic E-state index is 2.65. The van der Waals surface area contributed by atoms with Gasteiger partial charge in [0.1, 0.15) is 0 Å². The zero-order valence-electron chi connectivity index (χ0n) is 40.2. The predicted molar refractivity (Wildman–Crippen MR) is 230 cm³/mol. The second kappa shape index (κ2) is 11.2. The summed E-state index contributed by atoms with van der Waals surface area (Å²) in [6.07, 6.45) is 6.63. The zero-order valence-corrected chi connectivity index (χ0v) is 40.2. The SMILES string of the molecule is C12C3C4C1C1C2C3C41.CC.CCC(C)(C)C(C)(CC(C)C)C(C)(C)C(C)(C)C.CCC(C)(C)C(C)(CC)C(C)(C)C(C)(C)CC12C3C4C5C3C1C5(C)C42. The van der Waals surface area contributed by atoms with Gasteiger partial charge in [-0.05, 0) is 162 Å². The Morgan fingerprint density at radius 2 is 0.811 bits per heavy atom. The Labute approximate surface area is 333 Å². The number of hydrogen-bond donors (Lipinski definition) is 0. The van der Waals surface area contributed by atoms with E-state index >= 15 is 0 Å². The van der Waals surface area contributed by atoms with Gasteiger partial charge in [0.25, 0.3) is 0 Å². The van der Waals surface area contributed by atoms with Gasteiger partial charge in [-0.3, -0.25) is 0 Å². The highest BCUT2D eigenvalue weighted by Crippen LogP contribution is 3.11. The molecule has 0 radical (unpaired) electrons.